The smallest absolute Gasteiger partial charge is 0.132 e. The van der Waals surface area contributed by atoms with Crippen LogP contribution in [0.1, 0.15) is 26.2 Å². The predicted molar refractivity (Wildman–Crippen MR) is 45.1 cm³/mol. The number of carbonyl (C=O) groups is 1. The molecule has 0 amide bonds. The maximum Gasteiger partial charge on any atom is 0.132 e. The molecule has 0 aliphatic carbocycles. The van der Waals surface area contributed by atoms with Gasteiger partial charge in [0.2, 0.25) is 0 Å². The van der Waals surface area contributed by atoms with E-state index in [9.17, 15) is 4.79 Å². The molecule has 1 heterocycles. The third-order valence-corrected chi connectivity index (χ3v) is 1.96. The molecule has 1 aliphatic rings. The molecule has 0 N–H and O–H groups in total. The summed E-state index contributed by atoms with van der Waals surface area (Å²) in [4.78, 5) is 10.9. The van der Waals surface area contributed by atoms with E-state index in [1.165, 1.54) is 0 Å². The molecule has 0 radical (unpaired) electrons. The molecule has 0 aromatic carbocycles. The number of ether oxygens (including phenoxy) is 2. The second kappa shape index (κ2) is 5.27. The van der Waals surface area contributed by atoms with Crippen LogP contribution in [0.15, 0.2) is 0 Å². The van der Waals surface area contributed by atoms with Crippen molar-refractivity contribution >= 4 is 5.78 Å². The minimum Gasteiger partial charge on any atom is -0.376 e. The van der Waals surface area contributed by atoms with Crippen LogP contribution in [0.25, 0.3) is 0 Å². The molecule has 0 spiro atoms. The zero-order valence-corrected chi connectivity index (χ0v) is 7.54. The van der Waals surface area contributed by atoms with Crippen LogP contribution in [-0.2, 0) is 14.3 Å². The highest BCUT2D eigenvalue weighted by atomic mass is 16.6. The van der Waals surface area contributed by atoms with E-state index in [-0.39, 0.29) is 0 Å². The Kier molecular flexibility index (Phi) is 4.25. The molecule has 0 bridgehead atoms. The Hall–Kier alpha value is -0.410. The molecule has 0 atom stereocenters. The fourth-order valence-electron chi connectivity index (χ4n) is 1.01. The third kappa shape index (κ3) is 3.32. The van der Waals surface area contributed by atoms with E-state index in [2.05, 4.69) is 0 Å². The van der Waals surface area contributed by atoms with E-state index in [4.69, 9.17) is 9.47 Å². The molecule has 70 valence electrons. The highest BCUT2D eigenvalue weighted by molar-refractivity contribution is 5.77. The van der Waals surface area contributed by atoms with Crippen LogP contribution in [0, 0.1) is 0 Å². The van der Waals surface area contributed by atoms with Crippen LogP contribution < -0.4 is 0 Å². The number of Topliss-reactive ketones (excluding diaryl/α,β-unsaturated/α-hetero) is 1. The first-order chi connectivity index (χ1) is 5.83. The van der Waals surface area contributed by atoms with Gasteiger partial charge in [-0.05, 0) is 6.42 Å². The lowest BCUT2D eigenvalue weighted by Gasteiger charge is -2.25. The van der Waals surface area contributed by atoms with E-state index in [0.29, 0.717) is 31.3 Å². The van der Waals surface area contributed by atoms with Crippen LogP contribution in [0.2, 0.25) is 0 Å². The van der Waals surface area contributed by atoms with Gasteiger partial charge in [-0.2, -0.15) is 0 Å². The summed E-state index contributed by atoms with van der Waals surface area (Å²) in [6.07, 6.45) is 2.45. The fraction of sp³-hybridized carbons (Fsp3) is 0.889. The quantitative estimate of drug-likeness (QED) is 0.564. The Morgan fingerprint density at radius 3 is 2.83 bits per heavy atom. The van der Waals surface area contributed by atoms with Crippen LogP contribution >= 0.6 is 0 Å². The average molecular weight is 172 g/mol. The summed E-state index contributed by atoms with van der Waals surface area (Å²) in [5, 5.41) is 0. The minimum atomic E-state index is 0.293. The third-order valence-electron chi connectivity index (χ3n) is 1.96. The SMILES string of the molecule is CCC(=O)CCCOC1COC1. The summed E-state index contributed by atoms with van der Waals surface area (Å²) < 4.78 is 10.3. The normalized spacial score (nSPS) is 17.4. The van der Waals surface area contributed by atoms with Gasteiger partial charge in [0, 0.05) is 19.4 Å². The Balaban J connectivity index is 1.85. The van der Waals surface area contributed by atoms with Crippen molar-refractivity contribution in [2.45, 2.75) is 32.3 Å². The zero-order valence-electron chi connectivity index (χ0n) is 7.54. The average Bonchev–Trinajstić information content (AvgIpc) is 2.00. The van der Waals surface area contributed by atoms with Gasteiger partial charge in [0.15, 0.2) is 0 Å². The maximum atomic E-state index is 10.9. The fourth-order valence-corrected chi connectivity index (χ4v) is 1.01. The molecular formula is C9H16O3. The van der Waals surface area contributed by atoms with E-state index in [1.807, 2.05) is 6.92 Å². The van der Waals surface area contributed by atoms with Gasteiger partial charge in [-0.1, -0.05) is 6.92 Å². The Morgan fingerprint density at radius 2 is 2.33 bits per heavy atom. The largest absolute Gasteiger partial charge is 0.376 e. The van der Waals surface area contributed by atoms with Gasteiger partial charge in [0.25, 0.3) is 0 Å². The number of hydrogen-bond donors (Lipinski definition) is 0. The molecular weight excluding hydrogens is 156 g/mol. The van der Waals surface area contributed by atoms with Crippen molar-refractivity contribution < 1.29 is 14.3 Å². The van der Waals surface area contributed by atoms with E-state index < -0.39 is 0 Å². The van der Waals surface area contributed by atoms with Crippen molar-refractivity contribution in [2.75, 3.05) is 19.8 Å². The Morgan fingerprint density at radius 1 is 1.58 bits per heavy atom. The first-order valence-electron chi connectivity index (χ1n) is 4.54. The van der Waals surface area contributed by atoms with Crippen molar-refractivity contribution in [1.82, 2.24) is 0 Å². The zero-order chi connectivity index (χ0) is 8.81. The lowest BCUT2D eigenvalue weighted by Crippen LogP contribution is -2.36. The van der Waals surface area contributed by atoms with E-state index in [0.717, 1.165) is 19.6 Å². The molecule has 12 heavy (non-hydrogen) atoms. The van der Waals surface area contributed by atoms with Gasteiger partial charge >= 0.3 is 0 Å². The topological polar surface area (TPSA) is 35.5 Å². The first-order valence-corrected chi connectivity index (χ1v) is 4.54. The predicted octanol–water partition coefficient (Wildman–Crippen LogP) is 1.16. The number of hydrogen-bond acceptors (Lipinski definition) is 3. The Labute approximate surface area is 73.0 Å². The molecule has 0 saturated carbocycles. The molecule has 0 aromatic rings. The Bertz CT molecular complexity index is 141. The van der Waals surface area contributed by atoms with Crippen LogP contribution in [-0.4, -0.2) is 31.7 Å². The second-order valence-electron chi connectivity index (χ2n) is 3.03. The summed E-state index contributed by atoms with van der Waals surface area (Å²) in [6.45, 7) is 4.03. The van der Waals surface area contributed by atoms with Gasteiger partial charge in [0.05, 0.1) is 13.2 Å². The summed E-state index contributed by atoms with van der Waals surface area (Å²) >= 11 is 0. The van der Waals surface area contributed by atoms with Crippen LogP contribution in [0.5, 0.6) is 0 Å². The van der Waals surface area contributed by atoms with Gasteiger partial charge < -0.3 is 9.47 Å². The standard InChI is InChI=1S/C9H16O3/c1-2-8(10)4-3-5-12-9-6-11-7-9/h9H,2-7H2,1H3. The van der Waals surface area contributed by atoms with E-state index in [1.54, 1.807) is 0 Å². The van der Waals surface area contributed by atoms with Crippen molar-refractivity contribution in [3.8, 4) is 0 Å². The minimum absolute atomic E-state index is 0.293. The van der Waals surface area contributed by atoms with Gasteiger partial charge in [0.1, 0.15) is 11.9 Å². The first kappa shape index (κ1) is 9.68. The summed E-state index contributed by atoms with van der Waals surface area (Å²) in [7, 11) is 0. The van der Waals surface area contributed by atoms with Gasteiger partial charge in [-0.15, -0.1) is 0 Å². The maximum absolute atomic E-state index is 10.9. The number of rotatable bonds is 6. The molecule has 1 rings (SSSR count). The molecule has 1 saturated heterocycles. The van der Waals surface area contributed by atoms with Crippen LogP contribution in [0.4, 0.5) is 0 Å². The monoisotopic (exact) mass is 172 g/mol. The van der Waals surface area contributed by atoms with Crippen molar-refractivity contribution in [1.29, 1.82) is 0 Å². The van der Waals surface area contributed by atoms with Crippen molar-refractivity contribution in [2.24, 2.45) is 0 Å². The number of carbonyl (C=O) groups excluding carboxylic acids is 1. The molecule has 3 nitrogen and oxygen atoms in total. The summed E-state index contributed by atoms with van der Waals surface area (Å²) in [6, 6.07) is 0. The van der Waals surface area contributed by atoms with Crippen LogP contribution in [0.3, 0.4) is 0 Å². The highest BCUT2D eigenvalue weighted by Crippen LogP contribution is 2.06. The van der Waals surface area contributed by atoms with E-state index >= 15 is 0 Å². The summed E-state index contributed by atoms with van der Waals surface area (Å²) in [5.74, 6) is 0.323. The van der Waals surface area contributed by atoms with Gasteiger partial charge in [-0.25, -0.2) is 0 Å². The van der Waals surface area contributed by atoms with Crippen molar-refractivity contribution in [3.05, 3.63) is 0 Å². The molecule has 0 unspecified atom stereocenters. The molecule has 1 fully saturated rings. The number of ketones is 1. The van der Waals surface area contributed by atoms with Crippen molar-refractivity contribution in [3.63, 3.8) is 0 Å². The highest BCUT2D eigenvalue weighted by Gasteiger charge is 2.18. The lowest BCUT2D eigenvalue weighted by molar-refractivity contribution is -0.132. The second-order valence-corrected chi connectivity index (χ2v) is 3.03. The molecule has 0 aromatic heterocycles. The molecule has 3 heteroatoms. The lowest BCUT2D eigenvalue weighted by atomic mass is 10.2. The van der Waals surface area contributed by atoms with Gasteiger partial charge in [-0.3, -0.25) is 4.79 Å². The molecule has 1 aliphatic heterocycles. The summed E-state index contributed by atoms with van der Waals surface area (Å²) in [5.41, 5.74) is 0.